The van der Waals surface area contributed by atoms with Crippen molar-refractivity contribution in [3.63, 3.8) is 0 Å². The molecule has 2 rings (SSSR count). The number of aryl methyl sites for hydroxylation is 1. The Morgan fingerprint density at radius 3 is 2.77 bits per heavy atom. The molecule has 0 aliphatic carbocycles. The number of hydrogen-bond acceptors (Lipinski definition) is 5. The largest absolute Gasteiger partial charge is 0.481 e. The summed E-state index contributed by atoms with van der Waals surface area (Å²) in [5, 5.41) is 21.8. The molecule has 0 aliphatic heterocycles. The summed E-state index contributed by atoms with van der Waals surface area (Å²) in [6, 6.07) is 9.12. The average molecular weight is 358 g/mol. The number of amides is 1. The first-order chi connectivity index (χ1) is 12.4. The third-order valence-corrected chi connectivity index (χ3v) is 4.23. The molecule has 6 heteroatoms. The Labute approximate surface area is 153 Å². The maximum atomic E-state index is 12.4. The van der Waals surface area contributed by atoms with Crippen molar-refractivity contribution in [3.8, 4) is 17.0 Å². The van der Waals surface area contributed by atoms with E-state index in [0.29, 0.717) is 24.3 Å². The van der Waals surface area contributed by atoms with Gasteiger partial charge in [-0.05, 0) is 49.9 Å². The highest BCUT2D eigenvalue weighted by atomic mass is 16.5. The van der Waals surface area contributed by atoms with E-state index in [2.05, 4.69) is 10.3 Å². The van der Waals surface area contributed by atoms with Gasteiger partial charge in [-0.15, -0.1) is 0 Å². The molecule has 1 amide bonds. The number of aliphatic hydroxyl groups is 2. The summed E-state index contributed by atoms with van der Waals surface area (Å²) in [7, 11) is 1.57. The van der Waals surface area contributed by atoms with Crippen LogP contribution in [0.4, 0.5) is 0 Å². The Kier molecular flexibility index (Phi) is 6.71. The minimum atomic E-state index is -1.05. The second-order valence-corrected chi connectivity index (χ2v) is 6.63. The van der Waals surface area contributed by atoms with Gasteiger partial charge in [0.1, 0.15) is 0 Å². The molecular formula is C20H26N2O4. The van der Waals surface area contributed by atoms with E-state index in [-0.39, 0.29) is 19.1 Å². The number of nitrogens with one attached hydrogen (secondary N) is 1. The van der Waals surface area contributed by atoms with Crippen LogP contribution in [0.25, 0.3) is 11.1 Å². The second kappa shape index (κ2) is 8.78. The maximum absolute atomic E-state index is 12.4. The lowest BCUT2D eigenvalue weighted by molar-refractivity contribution is 0.0415. The fourth-order valence-corrected chi connectivity index (χ4v) is 2.69. The maximum Gasteiger partial charge on any atom is 0.251 e. The first-order valence-electron chi connectivity index (χ1n) is 8.59. The highest BCUT2D eigenvalue weighted by Crippen LogP contribution is 2.25. The number of nitrogens with zero attached hydrogens (tertiary/aromatic N) is 1. The van der Waals surface area contributed by atoms with Gasteiger partial charge < -0.3 is 20.3 Å². The van der Waals surface area contributed by atoms with Gasteiger partial charge in [0, 0.05) is 36.5 Å². The van der Waals surface area contributed by atoms with E-state index in [1.807, 2.05) is 25.1 Å². The molecule has 1 atom stereocenters. The number of aliphatic hydroxyl groups excluding tert-OH is 1. The molecule has 1 heterocycles. The van der Waals surface area contributed by atoms with Crippen molar-refractivity contribution in [2.24, 2.45) is 0 Å². The number of hydrogen-bond donors (Lipinski definition) is 3. The fourth-order valence-electron chi connectivity index (χ4n) is 2.69. The van der Waals surface area contributed by atoms with E-state index in [1.54, 1.807) is 32.4 Å². The number of ether oxygens (including phenoxy) is 1. The first kappa shape index (κ1) is 19.9. The van der Waals surface area contributed by atoms with Crippen LogP contribution in [0.2, 0.25) is 0 Å². The van der Waals surface area contributed by atoms with Gasteiger partial charge in [0.05, 0.1) is 12.7 Å². The lowest BCUT2D eigenvalue weighted by atomic mass is 9.99. The highest BCUT2D eigenvalue weighted by molar-refractivity contribution is 5.95. The Bertz CT molecular complexity index is 759. The van der Waals surface area contributed by atoms with Gasteiger partial charge in [-0.25, -0.2) is 4.98 Å². The molecule has 3 N–H and O–H groups in total. The molecule has 0 aliphatic rings. The molecule has 1 aromatic carbocycles. The van der Waals surface area contributed by atoms with E-state index >= 15 is 0 Å². The van der Waals surface area contributed by atoms with Gasteiger partial charge in [-0.1, -0.05) is 12.1 Å². The summed E-state index contributed by atoms with van der Waals surface area (Å²) in [4.78, 5) is 16.7. The molecule has 140 valence electrons. The fraction of sp³-hybridized carbons (Fsp3) is 0.400. The Morgan fingerprint density at radius 1 is 1.35 bits per heavy atom. The summed E-state index contributed by atoms with van der Waals surface area (Å²) in [6.07, 6.45) is 2.63. The van der Waals surface area contributed by atoms with Crippen molar-refractivity contribution in [3.05, 3.63) is 47.7 Å². The van der Waals surface area contributed by atoms with E-state index in [1.165, 1.54) is 0 Å². The van der Waals surface area contributed by atoms with Crippen molar-refractivity contribution < 1.29 is 19.7 Å². The van der Waals surface area contributed by atoms with Crippen LogP contribution in [-0.4, -0.2) is 47.0 Å². The molecule has 0 spiro atoms. The lowest BCUT2D eigenvalue weighted by Crippen LogP contribution is -2.40. The zero-order valence-electron chi connectivity index (χ0n) is 15.5. The van der Waals surface area contributed by atoms with Crippen LogP contribution in [0.3, 0.4) is 0 Å². The second-order valence-electron chi connectivity index (χ2n) is 6.63. The average Bonchev–Trinajstić information content (AvgIpc) is 2.64. The SMILES string of the molecule is COc1cc(C)c(-c2cccc(C(=O)NC[C@@](C)(O)CCCO)c2)cn1. The summed E-state index contributed by atoms with van der Waals surface area (Å²) in [5.74, 6) is 0.292. The molecule has 0 bridgehead atoms. The molecule has 0 radical (unpaired) electrons. The van der Waals surface area contributed by atoms with Gasteiger partial charge in [0.25, 0.3) is 5.91 Å². The first-order valence-corrected chi connectivity index (χ1v) is 8.59. The minimum absolute atomic E-state index is 0.0153. The molecule has 6 nitrogen and oxygen atoms in total. The quantitative estimate of drug-likeness (QED) is 0.674. The van der Waals surface area contributed by atoms with Gasteiger partial charge in [-0.3, -0.25) is 4.79 Å². The molecule has 0 unspecified atom stereocenters. The number of carbonyl (C=O) groups excluding carboxylic acids is 1. The highest BCUT2D eigenvalue weighted by Gasteiger charge is 2.21. The van der Waals surface area contributed by atoms with Gasteiger partial charge in [0.2, 0.25) is 5.88 Å². The minimum Gasteiger partial charge on any atom is -0.481 e. The van der Waals surface area contributed by atoms with E-state index < -0.39 is 5.60 Å². The Hall–Kier alpha value is -2.44. The molecule has 1 aromatic heterocycles. The number of benzene rings is 1. The molecular weight excluding hydrogens is 332 g/mol. The lowest BCUT2D eigenvalue weighted by Gasteiger charge is -2.23. The van der Waals surface area contributed by atoms with Crippen LogP contribution in [0.5, 0.6) is 5.88 Å². The summed E-state index contributed by atoms with van der Waals surface area (Å²) < 4.78 is 5.13. The topological polar surface area (TPSA) is 91.7 Å². The number of methoxy groups -OCH3 is 1. The van der Waals surface area contributed by atoms with Crippen molar-refractivity contribution in [1.29, 1.82) is 0 Å². The smallest absolute Gasteiger partial charge is 0.251 e. The zero-order valence-corrected chi connectivity index (χ0v) is 15.5. The number of carbonyl (C=O) groups is 1. The van der Waals surface area contributed by atoms with Crippen molar-refractivity contribution in [2.75, 3.05) is 20.3 Å². The van der Waals surface area contributed by atoms with Crippen LogP contribution < -0.4 is 10.1 Å². The van der Waals surface area contributed by atoms with E-state index in [9.17, 15) is 9.90 Å². The van der Waals surface area contributed by atoms with Gasteiger partial charge in [0.15, 0.2) is 0 Å². The molecule has 0 saturated heterocycles. The van der Waals surface area contributed by atoms with Crippen LogP contribution >= 0.6 is 0 Å². The predicted octanol–water partition coefficient (Wildman–Crippen LogP) is 2.32. The number of rotatable bonds is 8. The normalized spacial score (nSPS) is 13.1. The van der Waals surface area contributed by atoms with Crippen molar-refractivity contribution in [1.82, 2.24) is 10.3 Å². The molecule has 26 heavy (non-hydrogen) atoms. The Morgan fingerprint density at radius 2 is 2.12 bits per heavy atom. The van der Waals surface area contributed by atoms with Crippen LogP contribution in [-0.2, 0) is 0 Å². The number of pyridine rings is 1. The molecule has 0 saturated carbocycles. The standard InChI is InChI=1S/C20H26N2O4/c1-14-10-18(26-3)21-12-17(14)15-6-4-7-16(11-15)19(24)22-13-20(2,25)8-5-9-23/h4,6-7,10-12,23,25H,5,8-9,13H2,1-3H3,(H,22,24)/t20-/m0/s1. The van der Waals surface area contributed by atoms with Crippen LogP contribution in [0, 0.1) is 6.92 Å². The van der Waals surface area contributed by atoms with Crippen LogP contribution in [0.15, 0.2) is 36.5 Å². The van der Waals surface area contributed by atoms with E-state index in [4.69, 9.17) is 9.84 Å². The zero-order chi connectivity index (χ0) is 19.2. The van der Waals surface area contributed by atoms with E-state index in [0.717, 1.165) is 16.7 Å². The third-order valence-electron chi connectivity index (χ3n) is 4.23. The molecule has 2 aromatic rings. The summed E-state index contributed by atoms with van der Waals surface area (Å²) in [6.45, 7) is 3.75. The monoisotopic (exact) mass is 358 g/mol. The van der Waals surface area contributed by atoms with Crippen molar-refractivity contribution >= 4 is 5.91 Å². The van der Waals surface area contributed by atoms with Crippen molar-refractivity contribution in [2.45, 2.75) is 32.3 Å². The third kappa shape index (κ3) is 5.28. The predicted molar refractivity (Wildman–Crippen MR) is 100 cm³/mol. The van der Waals surface area contributed by atoms with Gasteiger partial charge >= 0.3 is 0 Å². The van der Waals surface area contributed by atoms with Crippen LogP contribution in [0.1, 0.15) is 35.7 Å². The Balaban J connectivity index is 2.12. The summed E-state index contributed by atoms with van der Waals surface area (Å²) in [5.41, 5.74) is 2.27. The number of aromatic nitrogens is 1. The van der Waals surface area contributed by atoms with Gasteiger partial charge in [-0.2, -0.15) is 0 Å². The molecule has 0 fully saturated rings. The summed E-state index contributed by atoms with van der Waals surface area (Å²) >= 11 is 0.